The van der Waals surface area contributed by atoms with E-state index in [-0.39, 0.29) is 0 Å². The van der Waals surface area contributed by atoms with E-state index >= 15 is 0 Å². The highest BCUT2D eigenvalue weighted by atomic mass is 14.9. The summed E-state index contributed by atoms with van der Waals surface area (Å²) in [5.41, 5.74) is 1.46. The summed E-state index contributed by atoms with van der Waals surface area (Å²) < 4.78 is 0. The van der Waals surface area contributed by atoms with Gasteiger partial charge in [0.1, 0.15) is 0 Å². The molecule has 1 fully saturated rings. The number of benzene rings is 1. The largest absolute Gasteiger partial charge is 0.314 e. The highest BCUT2D eigenvalue weighted by Crippen LogP contribution is 2.18. The molecule has 82 valence electrons. The minimum atomic E-state index is 0.685. The van der Waals surface area contributed by atoms with Crippen LogP contribution < -0.4 is 5.32 Å². The summed E-state index contributed by atoms with van der Waals surface area (Å²) in [6.45, 7) is 3.58. The van der Waals surface area contributed by atoms with Crippen molar-refractivity contribution in [2.24, 2.45) is 5.92 Å². The van der Waals surface area contributed by atoms with Crippen LogP contribution in [0.4, 0.5) is 0 Å². The first kappa shape index (κ1) is 10.7. The molecule has 1 aromatic rings. The Morgan fingerprint density at radius 3 is 2.87 bits per heavy atom. The monoisotopic (exact) mass is 203 g/mol. The van der Waals surface area contributed by atoms with Crippen LogP contribution in [0.2, 0.25) is 0 Å². The number of hydrogen-bond acceptors (Lipinski definition) is 1. The van der Waals surface area contributed by atoms with Gasteiger partial charge in [0.05, 0.1) is 0 Å². The van der Waals surface area contributed by atoms with E-state index in [4.69, 9.17) is 0 Å². The van der Waals surface area contributed by atoms with Gasteiger partial charge in [-0.3, -0.25) is 0 Å². The van der Waals surface area contributed by atoms with Gasteiger partial charge in [-0.05, 0) is 43.7 Å². The SMILES string of the molecule is CC1CCCNC(Cc2ccccc2)C1. The third kappa shape index (κ3) is 3.35. The van der Waals surface area contributed by atoms with Crippen molar-refractivity contribution in [2.75, 3.05) is 6.54 Å². The molecule has 1 aliphatic rings. The van der Waals surface area contributed by atoms with E-state index < -0.39 is 0 Å². The van der Waals surface area contributed by atoms with Crippen molar-refractivity contribution in [1.29, 1.82) is 0 Å². The summed E-state index contributed by atoms with van der Waals surface area (Å²) >= 11 is 0. The third-order valence-corrected chi connectivity index (χ3v) is 3.32. The van der Waals surface area contributed by atoms with E-state index in [9.17, 15) is 0 Å². The van der Waals surface area contributed by atoms with Crippen LogP contribution in [0.15, 0.2) is 30.3 Å². The minimum Gasteiger partial charge on any atom is -0.314 e. The van der Waals surface area contributed by atoms with Crippen molar-refractivity contribution in [1.82, 2.24) is 5.32 Å². The molecule has 0 amide bonds. The maximum absolute atomic E-state index is 3.66. The van der Waals surface area contributed by atoms with E-state index in [2.05, 4.69) is 42.6 Å². The highest BCUT2D eigenvalue weighted by molar-refractivity contribution is 5.15. The molecule has 15 heavy (non-hydrogen) atoms. The summed E-state index contributed by atoms with van der Waals surface area (Å²) in [4.78, 5) is 0. The number of nitrogens with one attached hydrogen (secondary N) is 1. The minimum absolute atomic E-state index is 0.685. The molecular formula is C14H21N. The summed E-state index contributed by atoms with van der Waals surface area (Å²) in [5.74, 6) is 0.883. The maximum Gasteiger partial charge on any atom is 0.0110 e. The van der Waals surface area contributed by atoms with Gasteiger partial charge in [0.25, 0.3) is 0 Å². The molecule has 0 bridgehead atoms. The Morgan fingerprint density at radius 2 is 2.07 bits per heavy atom. The quantitative estimate of drug-likeness (QED) is 0.779. The molecule has 2 atom stereocenters. The summed E-state index contributed by atoms with van der Waals surface area (Å²) in [6, 6.07) is 11.5. The molecule has 1 heteroatoms. The Hall–Kier alpha value is -0.820. The zero-order chi connectivity index (χ0) is 10.5. The zero-order valence-corrected chi connectivity index (χ0v) is 9.58. The molecular weight excluding hydrogens is 182 g/mol. The van der Waals surface area contributed by atoms with Gasteiger partial charge in [-0.15, -0.1) is 0 Å². The first-order valence-corrected chi connectivity index (χ1v) is 6.12. The molecule has 1 heterocycles. The third-order valence-electron chi connectivity index (χ3n) is 3.32. The molecule has 1 saturated heterocycles. The lowest BCUT2D eigenvalue weighted by atomic mass is 9.95. The Bertz CT molecular complexity index is 281. The van der Waals surface area contributed by atoms with Gasteiger partial charge in [0, 0.05) is 6.04 Å². The fraction of sp³-hybridized carbons (Fsp3) is 0.571. The van der Waals surface area contributed by atoms with E-state index in [1.165, 1.54) is 37.8 Å². The molecule has 0 aromatic heterocycles. The first-order valence-electron chi connectivity index (χ1n) is 6.12. The molecule has 1 N–H and O–H groups in total. The van der Waals surface area contributed by atoms with Gasteiger partial charge in [-0.2, -0.15) is 0 Å². The maximum atomic E-state index is 3.66. The van der Waals surface area contributed by atoms with E-state index in [0.29, 0.717) is 6.04 Å². The summed E-state index contributed by atoms with van der Waals surface area (Å²) in [5, 5.41) is 3.66. The van der Waals surface area contributed by atoms with Crippen molar-refractivity contribution in [3.63, 3.8) is 0 Å². The molecule has 0 spiro atoms. The van der Waals surface area contributed by atoms with Gasteiger partial charge < -0.3 is 5.32 Å². The topological polar surface area (TPSA) is 12.0 Å². The number of rotatable bonds is 2. The van der Waals surface area contributed by atoms with Crippen molar-refractivity contribution in [2.45, 2.75) is 38.6 Å². The lowest BCUT2D eigenvalue weighted by Gasteiger charge is -2.18. The fourth-order valence-corrected chi connectivity index (χ4v) is 2.50. The van der Waals surface area contributed by atoms with Gasteiger partial charge in [0.15, 0.2) is 0 Å². The first-order chi connectivity index (χ1) is 7.34. The van der Waals surface area contributed by atoms with Crippen molar-refractivity contribution in [3.05, 3.63) is 35.9 Å². The Labute approximate surface area is 92.9 Å². The van der Waals surface area contributed by atoms with E-state index in [1.807, 2.05) is 0 Å². The van der Waals surface area contributed by atoms with Gasteiger partial charge in [0.2, 0.25) is 0 Å². The van der Waals surface area contributed by atoms with Crippen molar-refractivity contribution >= 4 is 0 Å². The molecule has 2 unspecified atom stereocenters. The highest BCUT2D eigenvalue weighted by Gasteiger charge is 2.16. The van der Waals surface area contributed by atoms with Crippen LogP contribution in [-0.4, -0.2) is 12.6 Å². The lowest BCUT2D eigenvalue weighted by molar-refractivity contribution is 0.437. The van der Waals surface area contributed by atoms with Crippen molar-refractivity contribution in [3.8, 4) is 0 Å². The molecule has 0 saturated carbocycles. The zero-order valence-electron chi connectivity index (χ0n) is 9.58. The average molecular weight is 203 g/mol. The fourth-order valence-electron chi connectivity index (χ4n) is 2.50. The molecule has 1 nitrogen and oxygen atoms in total. The van der Waals surface area contributed by atoms with Crippen LogP contribution in [0.5, 0.6) is 0 Å². The normalized spacial score (nSPS) is 27.3. The van der Waals surface area contributed by atoms with Crippen molar-refractivity contribution < 1.29 is 0 Å². The molecule has 1 aromatic carbocycles. The molecule has 2 rings (SSSR count). The van der Waals surface area contributed by atoms with Crippen LogP contribution >= 0.6 is 0 Å². The summed E-state index contributed by atoms with van der Waals surface area (Å²) in [7, 11) is 0. The standard InChI is InChI=1S/C14H21N/c1-12-6-5-9-15-14(10-12)11-13-7-3-2-4-8-13/h2-4,7-8,12,14-15H,5-6,9-11H2,1H3. The Balaban J connectivity index is 1.93. The smallest absolute Gasteiger partial charge is 0.0110 e. The summed E-state index contributed by atoms with van der Waals surface area (Å²) in [6.07, 6.45) is 5.24. The molecule has 1 aliphatic heterocycles. The predicted octanol–water partition coefficient (Wildman–Crippen LogP) is 3.01. The van der Waals surface area contributed by atoms with Gasteiger partial charge in [-0.25, -0.2) is 0 Å². The van der Waals surface area contributed by atoms with Gasteiger partial charge >= 0.3 is 0 Å². The van der Waals surface area contributed by atoms with Gasteiger partial charge in [-0.1, -0.05) is 37.3 Å². The molecule has 0 radical (unpaired) electrons. The second kappa shape index (κ2) is 5.32. The lowest BCUT2D eigenvalue weighted by Crippen LogP contribution is -2.31. The van der Waals surface area contributed by atoms with Crippen LogP contribution in [0.3, 0.4) is 0 Å². The second-order valence-electron chi connectivity index (χ2n) is 4.82. The Morgan fingerprint density at radius 1 is 1.27 bits per heavy atom. The van der Waals surface area contributed by atoms with Crippen LogP contribution in [0.25, 0.3) is 0 Å². The van der Waals surface area contributed by atoms with E-state index in [0.717, 1.165) is 5.92 Å². The average Bonchev–Trinajstić information content (AvgIpc) is 2.44. The second-order valence-corrected chi connectivity index (χ2v) is 4.82. The van der Waals surface area contributed by atoms with E-state index in [1.54, 1.807) is 0 Å². The van der Waals surface area contributed by atoms with Crippen LogP contribution in [0.1, 0.15) is 31.7 Å². The Kier molecular flexibility index (Phi) is 3.79. The molecule has 0 aliphatic carbocycles. The predicted molar refractivity (Wildman–Crippen MR) is 65.0 cm³/mol. The van der Waals surface area contributed by atoms with Crippen LogP contribution in [0, 0.1) is 5.92 Å². The number of hydrogen-bond donors (Lipinski definition) is 1. The van der Waals surface area contributed by atoms with Crippen LogP contribution in [-0.2, 0) is 6.42 Å².